The molecular weight excluding hydrogens is 326 g/mol. The Labute approximate surface area is 140 Å². The summed E-state index contributed by atoms with van der Waals surface area (Å²) in [5.41, 5.74) is 0.699. The van der Waals surface area contributed by atoms with Gasteiger partial charge in [-0.15, -0.1) is 5.10 Å². The predicted molar refractivity (Wildman–Crippen MR) is 90.3 cm³/mol. The fraction of sp³-hybridized carbons (Fsp3) is 0.176. The fourth-order valence-electron chi connectivity index (χ4n) is 2.40. The SMILES string of the molecule is Cc1nnc(NCC(c2ccccc2)S(=O)(=O)c2ccccc2)o1. The summed E-state index contributed by atoms with van der Waals surface area (Å²) >= 11 is 0. The number of aromatic nitrogens is 2. The van der Waals surface area contributed by atoms with E-state index in [-0.39, 0.29) is 17.5 Å². The monoisotopic (exact) mass is 343 g/mol. The molecule has 3 aromatic rings. The minimum Gasteiger partial charge on any atom is -0.408 e. The van der Waals surface area contributed by atoms with Crippen molar-refractivity contribution in [1.82, 2.24) is 10.2 Å². The van der Waals surface area contributed by atoms with Gasteiger partial charge in [0.15, 0.2) is 9.84 Å². The zero-order valence-electron chi connectivity index (χ0n) is 13.1. The van der Waals surface area contributed by atoms with Crippen molar-refractivity contribution in [1.29, 1.82) is 0 Å². The van der Waals surface area contributed by atoms with Crippen LogP contribution in [0.5, 0.6) is 0 Å². The molecule has 0 spiro atoms. The second-order valence-electron chi connectivity index (χ2n) is 5.26. The second-order valence-corrected chi connectivity index (χ2v) is 7.39. The molecule has 124 valence electrons. The van der Waals surface area contributed by atoms with Crippen LogP contribution < -0.4 is 5.32 Å². The van der Waals surface area contributed by atoms with Gasteiger partial charge in [-0.2, -0.15) is 0 Å². The van der Waals surface area contributed by atoms with Gasteiger partial charge < -0.3 is 9.73 Å². The average Bonchev–Trinajstić information content (AvgIpc) is 3.02. The summed E-state index contributed by atoms with van der Waals surface area (Å²) in [6.45, 7) is 1.80. The van der Waals surface area contributed by atoms with E-state index >= 15 is 0 Å². The summed E-state index contributed by atoms with van der Waals surface area (Å²) < 4.78 is 31.4. The Kier molecular flexibility index (Phi) is 4.61. The molecule has 0 aliphatic rings. The minimum absolute atomic E-state index is 0.128. The number of nitrogens with one attached hydrogen (secondary N) is 1. The number of hydrogen-bond acceptors (Lipinski definition) is 6. The zero-order chi connectivity index (χ0) is 17.0. The summed E-state index contributed by atoms with van der Waals surface area (Å²) in [6.07, 6.45) is 0. The van der Waals surface area contributed by atoms with Gasteiger partial charge >= 0.3 is 6.01 Å². The van der Waals surface area contributed by atoms with Crippen LogP contribution in [0.1, 0.15) is 16.7 Å². The van der Waals surface area contributed by atoms with Crippen LogP contribution in [0.25, 0.3) is 0 Å². The van der Waals surface area contributed by atoms with Gasteiger partial charge in [0.2, 0.25) is 5.89 Å². The van der Waals surface area contributed by atoms with Crippen LogP contribution in [-0.4, -0.2) is 25.2 Å². The lowest BCUT2D eigenvalue weighted by Gasteiger charge is -2.18. The van der Waals surface area contributed by atoms with Crippen LogP contribution in [0.2, 0.25) is 0 Å². The van der Waals surface area contributed by atoms with E-state index in [9.17, 15) is 8.42 Å². The van der Waals surface area contributed by atoms with E-state index in [4.69, 9.17) is 4.42 Å². The molecule has 1 heterocycles. The van der Waals surface area contributed by atoms with Crippen LogP contribution in [0, 0.1) is 6.92 Å². The van der Waals surface area contributed by atoms with E-state index < -0.39 is 15.1 Å². The largest absolute Gasteiger partial charge is 0.408 e. The molecule has 1 N–H and O–H groups in total. The molecular formula is C17H17N3O3S. The third-order valence-corrected chi connectivity index (χ3v) is 5.70. The third-order valence-electron chi connectivity index (χ3n) is 3.58. The first kappa shape index (κ1) is 16.2. The molecule has 24 heavy (non-hydrogen) atoms. The van der Waals surface area contributed by atoms with Crippen molar-refractivity contribution in [3.8, 4) is 0 Å². The van der Waals surface area contributed by atoms with E-state index in [1.807, 2.05) is 18.2 Å². The van der Waals surface area contributed by atoms with Gasteiger partial charge in [0.25, 0.3) is 0 Å². The maximum Gasteiger partial charge on any atom is 0.315 e. The molecule has 7 heteroatoms. The number of nitrogens with zero attached hydrogens (tertiary/aromatic N) is 2. The maximum atomic E-state index is 13.1. The topological polar surface area (TPSA) is 85.1 Å². The number of sulfone groups is 1. The molecule has 0 aliphatic carbocycles. The summed E-state index contributed by atoms with van der Waals surface area (Å²) in [6, 6.07) is 17.7. The Bertz CT molecular complexity index is 893. The Morgan fingerprint density at radius 1 is 1.00 bits per heavy atom. The van der Waals surface area contributed by atoms with Gasteiger partial charge in [0.05, 0.1) is 4.90 Å². The summed E-state index contributed by atoms with van der Waals surface area (Å²) in [4.78, 5) is 0.280. The van der Waals surface area contributed by atoms with Gasteiger partial charge in [0.1, 0.15) is 5.25 Å². The lowest BCUT2D eigenvalue weighted by Crippen LogP contribution is -2.22. The molecule has 0 fully saturated rings. The Morgan fingerprint density at radius 2 is 1.62 bits per heavy atom. The molecule has 0 bridgehead atoms. The molecule has 2 aromatic carbocycles. The molecule has 0 saturated heterocycles. The first-order chi connectivity index (χ1) is 11.6. The van der Waals surface area contributed by atoms with Gasteiger partial charge in [0, 0.05) is 13.5 Å². The summed E-state index contributed by atoms with van der Waals surface area (Å²) in [5.74, 6) is 0.416. The van der Waals surface area contributed by atoms with Crippen molar-refractivity contribution >= 4 is 15.9 Å². The van der Waals surface area contributed by atoms with E-state index in [2.05, 4.69) is 15.5 Å². The highest BCUT2D eigenvalue weighted by Crippen LogP contribution is 2.29. The Hall–Kier alpha value is -2.67. The number of benzene rings is 2. The van der Waals surface area contributed by atoms with E-state index in [1.54, 1.807) is 49.4 Å². The molecule has 6 nitrogen and oxygen atoms in total. The van der Waals surface area contributed by atoms with Crippen molar-refractivity contribution in [3.05, 3.63) is 72.1 Å². The van der Waals surface area contributed by atoms with Crippen molar-refractivity contribution in [3.63, 3.8) is 0 Å². The molecule has 1 atom stereocenters. The molecule has 1 unspecified atom stereocenters. The predicted octanol–water partition coefficient (Wildman–Crippen LogP) is 3.01. The van der Waals surface area contributed by atoms with E-state index in [0.29, 0.717) is 11.5 Å². The number of hydrogen-bond donors (Lipinski definition) is 1. The first-order valence-corrected chi connectivity index (χ1v) is 9.00. The van der Waals surface area contributed by atoms with Crippen molar-refractivity contribution in [2.75, 3.05) is 11.9 Å². The molecule has 0 radical (unpaired) electrons. The van der Waals surface area contributed by atoms with E-state index in [0.717, 1.165) is 0 Å². The molecule has 0 aliphatic heterocycles. The van der Waals surface area contributed by atoms with Gasteiger partial charge in [-0.05, 0) is 17.7 Å². The summed E-state index contributed by atoms with van der Waals surface area (Å²) in [7, 11) is -3.57. The quantitative estimate of drug-likeness (QED) is 0.740. The Balaban J connectivity index is 1.93. The van der Waals surface area contributed by atoms with Crippen molar-refractivity contribution in [2.24, 2.45) is 0 Å². The van der Waals surface area contributed by atoms with Crippen molar-refractivity contribution in [2.45, 2.75) is 17.1 Å². The van der Waals surface area contributed by atoms with Crippen LogP contribution in [0.4, 0.5) is 6.01 Å². The molecule has 1 aromatic heterocycles. The lowest BCUT2D eigenvalue weighted by molar-refractivity contribution is 0.529. The average molecular weight is 343 g/mol. The van der Waals surface area contributed by atoms with Crippen LogP contribution in [0.3, 0.4) is 0 Å². The van der Waals surface area contributed by atoms with Crippen LogP contribution in [0.15, 0.2) is 70.0 Å². The number of rotatable bonds is 6. The smallest absolute Gasteiger partial charge is 0.315 e. The van der Waals surface area contributed by atoms with Crippen molar-refractivity contribution < 1.29 is 12.8 Å². The molecule has 3 rings (SSSR count). The lowest BCUT2D eigenvalue weighted by atomic mass is 10.1. The third kappa shape index (κ3) is 3.46. The first-order valence-electron chi connectivity index (χ1n) is 7.45. The van der Waals surface area contributed by atoms with E-state index in [1.165, 1.54) is 0 Å². The van der Waals surface area contributed by atoms with Crippen LogP contribution >= 0.6 is 0 Å². The highest BCUT2D eigenvalue weighted by Gasteiger charge is 2.29. The maximum absolute atomic E-state index is 13.1. The fourth-order valence-corrected chi connectivity index (χ4v) is 4.08. The zero-order valence-corrected chi connectivity index (χ0v) is 13.9. The molecule has 0 amide bonds. The normalized spacial score (nSPS) is 12.7. The standard InChI is InChI=1S/C17H17N3O3S/c1-13-19-20-17(23-13)18-12-16(14-8-4-2-5-9-14)24(21,22)15-10-6-3-7-11-15/h2-11,16H,12H2,1H3,(H,18,20). The van der Waals surface area contributed by atoms with Gasteiger partial charge in [-0.1, -0.05) is 53.6 Å². The number of aryl methyl sites for hydroxylation is 1. The van der Waals surface area contributed by atoms with Crippen LogP contribution in [-0.2, 0) is 9.84 Å². The summed E-state index contributed by atoms with van der Waals surface area (Å²) in [5, 5.41) is 9.72. The van der Waals surface area contributed by atoms with Gasteiger partial charge in [-0.3, -0.25) is 0 Å². The number of anilines is 1. The Morgan fingerprint density at radius 3 is 2.21 bits per heavy atom. The highest BCUT2D eigenvalue weighted by molar-refractivity contribution is 7.91. The highest BCUT2D eigenvalue weighted by atomic mass is 32.2. The van der Waals surface area contributed by atoms with Gasteiger partial charge in [-0.25, -0.2) is 8.42 Å². The molecule has 0 saturated carbocycles. The minimum atomic E-state index is -3.57. The second kappa shape index (κ2) is 6.84.